The van der Waals surface area contributed by atoms with Crippen LogP contribution in [0.3, 0.4) is 0 Å². The van der Waals surface area contributed by atoms with Gasteiger partial charge in [-0.1, -0.05) is 97.7 Å². The Morgan fingerprint density at radius 3 is 2.09 bits per heavy atom. The number of rotatable bonds is 7. The SMILES string of the molecule is C[Si](C)(C)C(N1C[C@@](Cc2ccc(Br)cc2)(N2C(=O)OC[C@@H]2c2ccccc2)C1=O)[Si](C)(C)C. The summed E-state index contributed by atoms with van der Waals surface area (Å²) in [5.41, 5.74) is 1.11. The van der Waals surface area contributed by atoms with Gasteiger partial charge in [0, 0.05) is 16.2 Å². The Hall–Kier alpha value is -1.91. The molecule has 4 rings (SSSR count). The van der Waals surface area contributed by atoms with Crippen LogP contribution < -0.4 is 0 Å². The standard InChI is InChI=1S/C26H35BrN2O3Si2/c1-33(2,3)25(34(4,5)6)28-18-26(23(28)30,16-19-12-14-21(27)15-13-19)29-22(17-32-24(29)31)20-10-8-7-9-11-20/h7-15,22,25H,16-18H2,1-6H3/t22-,26-/m1/s1. The van der Waals surface area contributed by atoms with Crippen molar-refractivity contribution in [1.29, 1.82) is 0 Å². The molecule has 182 valence electrons. The van der Waals surface area contributed by atoms with Gasteiger partial charge in [0.25, 0.3) is 5.91 Å². The first-order valence-corrected chi connectivity index (χ1v) is 19.9. The van der Waals surface area contributed by atoms with Crippen LogP contribution in [0.25, 0.3) is 0 Å². The van der Waals surface area contributed by atoms with E-state index in [2.05, 4.69) is 60.1 Å². The maximum absolute atomic E-state index is 14.3. The number of nitrogens with zero attached hydrogens (tertiary/aromatic N) is 2. The normalized spacial score (nSPS) is 23.4. The molecule has 0 bridgehead atoms. The van der Waals surface area contributed by atoms with Gasteiger partial charge in [-0.3, -0.25) is 9.69 Å². The Balaban J connectivity index is 1.77. The van der Waals surface area contributed by atoms with E-state index in [1.165, 1.54) is 0 Å². The fraction of sp³-hybridized carbons (Fsp3) is 0.462. The van der Waals surface area contributed by atoms with E-state index in [1.807, 2.05) is 54.6 Å². The summed E-state index contributed by atoms with van der Waals surface area (Å²) < 4.78 is 6.57. The predicted octanol–water partition coefficient (Wildman–Crippen LogP) is 5.89. The van der Waals surface area contributed by atoms with Crippen LogP contribution >= 0.6 is 15.9 Å². The van der Waals surface area contributed by atoms with E-state index in [0.717, 1.165) is 15.6 Å². The molecule has 8 heteroatoms. The first-order chi connectivity index (χ1) is 15.8. The maximum Gasteiger partial charge on any atom is 0.411 e. The lowest BCUT2D eigenvalue weighted by Crippen LogP contribution is -2.81. The molecule has 2 aromatic carbocycles. The molecular formula is C26H35BrN2O3Si2. The summed E-state index contributed by atoms with van der Waals surface area (Å²) in [6.45, 7) is 15.0. The number of halogens is 1. The maximum atomic E-state index is 14.3. The fourth-order valence-corrected chi connectivity index (χ4v) is 19.1. The number of carbonyl (C=O) groups is 2. The van der Waals surface area contributed by atoms with Crippen molar-refractivity contribution in [3.05, 3.63) is 70.2 Å². The quantitative estimate of drug-likeness (QED) is 0.314. The molecule has 0 N–H and O–H groups in total. The highest BCUT2D eigenvalue weighted by atomic mass is 79.9. The number of carbonyl (C=O) groups excluding carboxylic acids is 2. The second kappa shape index (κ2) is 8.95. The number of likely N-dealkylation sites (tertiary alicyclic amines) is 1. The van der Waals surface area contributed by atoms with Gasteiger partial charge in [-0.05, 0) is 23.3 Å². The lowest BCUT2D eigenvalue weighted by atomic mass is 9.79. The zero-order chi connectivity index (χ0) is 24.9. The van der Waals surface area contributed by atoms with Crippen LogP contribution in [0, 0.1) is 0 Å². The molecule has 5 nitrogen and oxygen atoms in total. The smallest absolute Gasteiger partial charge is 0.411 e. The van der Waals surface area contributed by atoms with Crippen molar-refractivity contribution in [3.8, 4) is 0 Å². The minimum atomic E-state index is -1.67. The van der Waals surface area contributed by atoms with E-state index >= 15 is 0 Å². The zero-order valence-corrected chi connectivity index (χ0v) is 24.6. The average molecular weight is 560 g/mol. The molecular weight excluding hydrogens is 524 g/mol. The first-order valence-electron chi connectivity index (χ1n) is 11.9. The van der Waals surface area contributed by atoms with E-state index in [1.54, 1.807) is 4.90 Å². The van der Waals surface area contributed by atoms with Gasteiger partial charge in [-0.15, -0.1) is 0 Å². The second-order valence-corrected chi connectivity index (χ2v) is 23.8. The lowest BCUT2D eigenvalue weighted by Gasteiger charge is -2.60. The molecule has 0 radical (unpaired) electrons. The molecule has 2 atom stereocenters. The Kier molecular flexibility index (Phi) is 6.63. The topological polar surface area (TPSA) is 49.9 Å². The van der Waals surface area contributed by atoms with Gasteiger partial charge in [0.05, 0.1) is 28.7 Å². The summed E-state index contributed by atoms with van der Waals surface area (Å²) in [6, 6.07) is 17.7. The molecule has 0 aliphatic carbocycles. The Morgan fingerprint density at radius 1 is 0.971 bits per heavy atom. The van der Waals surface area contributed by atoms with E-state index in [0.29, 0.717) is 18.3 Å². The van der Waals surface area contributed by atoms with Crippen molar-refractivity contribution in [2.24, 2.45) is 0 Å². The van der Waals surface area contributed by atoms with E-state index < -0.39 is 27.8 Å². The number of cyclic esters (lactones) is 1. The molecule has 0 spiro atoms. The highest BCUT2D eigenvalue weighted by Crippen LogP contribution is 2.45. The van der Waals surface area contributed by atoms with Crippen molar-refractivity contribution in [2.45, 2.75) is 62.6 Å². The van der Waals surface area contributed by atoms with Crippen molar-refractivity contribution < 1.29 is 14.3 Å². The number of ether oxygens (including phenoxy) is 1. The third-order valence-corrected chi connectivity index (χ3v) is 16.6. The Labute approximate surface area is 213 Å². The molecule has 2 saturated heterocycles. The number of hydrogen-bond donors (Lipinski definition) is 0. The van der Waals surface area contributed by atoms with Crippen molar-refractivity contribution >= 4 is 44.1 Å². The van der Waals surface area contributed by atoms with Crippen LogP contribution in [0.4, 0.5) is 4.79 Å². The summed E-state index contributed by atoms with van der Waals surface area (Å²) in [4.78, 5) is 31.4. The van der Waals surface area contributed by atoms with Crippen LogP contribution in [-0.4, -0.2) is 61.9 Å². The minimum absolute atomic E-state index is 0.0741. The van der Waals surface area contributed by atoms with E-state index in [-0.39, 0.29) is 18.6 Å². The molecule has 2 aliphatic heterocycles. The predicted molar refractivity (Wildman–Crippen MR) is 145 cm³/mol. The Bertz CT molecular complexity index is 1050. The molecule has 0 saturated carbocycles. The number of β-lactam (4-membered cyclic amide) rings is 1. The lowest BCUT2D eigenvalue weighted by molar-refractivity contribution is -0.162. The van der Waals surface area contributed by atoms with E-state index in [4.69, 9.17) is 4.74 Å². The third kappa shape index (κ3) is 4.52. The zero-order valence-electron chi connectivity index (χ0n) is 21.0. The summed E-state index contributed by atoms with van der Waals surface area (Å²) in [5.74, 6) is 0.0741. The minimum Gasteiger partial charge on any atom is -0.447 e. The molecule has 2 fully saturated rings. The van der Waals surface area contributed by atoms with Crippen LogP contribution in [0.1, 0.15) is 17.2 Å². The summed E-state index contributed by atoms with van der Waals surface area (Å²) in [7, 11) is -3.34. The van der Waals surface area contributed by atoms with Crippen LogP contribution in [-0.2, 0) is 16.0 Å². The molecule has 34 heavy (non-hydrogen) atoms. The van der Waals surface area contributed by atoms with Crippen LogP contribution in [0.2, 0.25) is 39.3 Å². The first kappa shape index (κ1) is 25.2. The number of hydrogen-bond acceptors (Lipinski definition) is 3. The van der Waals surface area contributed by atoms with Crippen LogP contribution in [0.15, 0.2) is 59.1 Å². The van der Waals surface area contributed by atoms with Crippen molar-refractivity contribution in [1.82, 2.24) is 9.80 Å². The molecule has 2 aromatic rings. The molecule has 2 amide bonds. The van der Waals surface area contributed by atoms with Crippen molar-refractivity contribution in [3.63, 3.8) is 0 Å². The van der Waals surface area contributed by atoms with Gasteiger partial charge in [-0.2, -0.15) is 0 Å². The van der Waals surface area contributed by atoms with Crippen LogP contribution in [0.5, 0.6) is 0 Å². The van der Waals surface area contributed by atoms with Gasteiger partial charge in [-0.25, -0.2) is 4.79 Å². The number of amides is 2. The highest BCUT2D eigenvalue weighted by Gasteiger charge is 2.64. The monoisotopic (exact) mass is 558 g/mol. The molecule has 2 heterocycles. The highest BCUT2D eigenvalue weighted by molar-refractivity contribution is 9.10. The number of benzene rings is 2. The Morgan fingerprint density at radius 2 is 1.56 bits per heavy atom. The summed E-state index contributed by atoms with van der Waals surface area (Å²) in [5, 5.41) is 0.305. The largest absolute Gasteiger partial charge is 0.447 e. The van der Waals surface area contributed by atoms with Gasteiger partial charge >= 0.3 is 6.09 Å². The second-order valence-electron chi connectivity index (χ2n) is 11.8. The van der Waals surface area contributed by atoms with Crippen molar-refractivity contribution in [2.75, 3.05) is 13.2 Å². The van der Waals surface area contributed by atoms with Gasteiger partial charge in [0.15, 0.2) is 0 Å². The third-order valence-electron chi connectivity index (χ3n) is 6.97. The summed E-state index contributed by atoms with van der Waals surface area (Å²) in [6.07, 6.45) is 0.0922. The molecule has 0 aromatic heterocycles. The average Bonchev–Trinajstić information content (AvgIpc) is 3.14. The molecule has 0 unspecified atom stereocenters. The summed E-state index contributed by atoms with van der Waals surface area (Å²) >= 11 is 3.51. The van der Waals surface area contributed by atoms with Gasteiger partial charge in [0.2, 0.25) is 0 Å². The van der Waals surface area contributed by atoms with Gasteiger partial charge < -0.3 is 9.64 Å². The fourth-order valence-electron chi connectivity index (χ4n) is 6.19. The van der Waals surface area contributed by atoms with E-state index in [9.17, 15) is 9.59 Å². The van der Waals surface area contributed by atoms with Gasteiger partial charge in [0.1, 0.15) is 12.1 Å². The molecule has 2 aliphatic rings.